The molecule has 2 atom stereocenters. The van der Waals surface area contributed by atoms with Crippen molar-refractivity contribution in [2.45, 2.75) is 32.5 Å². The first-order valence-electron chi connectivity index (χ1n) is 7.62. The van der Waals surface area contributed by atoms with Gasteiger partial charge in [0.15, 0.2) is 0 Å². The summed E-state index contributed by atoms with van der Waals surface area (Å²) in [7, 11) is 0. The second-order valence-electron chi connectivity index (χ2n) is 6.11. The number of hydrogen-bond donors (Lipinski definition) is 1. The van der Waals surface area contributed by atoms with E-state index in [1.54, 1.807) is 12.1 Å². The number of nitrogens with one attached hydrogen (secondary N) is 1. The number of rotatable bonds is 2. The lowest BCUT2D eigenvalue weighted by Gasteiger charge is -2.36. The molecule has 1 aromatic heterocycles. The SMILES string of the molecule is C[C@@H]1CN(C(=O)Cn2cnc3ccc(Br)cc3c2=O)C[C@@H](C)N1. The van der Waals surface area contributed by atoms with E-state index in [4.69, 9.17) is 0 Å². The van der Waals surface area contributed by atoms with Gasteiger partial charge in [-0.15, -0.1) is 0 Å². The van der Waals surface area contributed by atoms with Crippen molar-refractivity contribution in [3.8, 4) is 0 Å². The smallest absolute Gasteiger partial charge is 0.261 e. The summed E-state index contributed by atoms with van der Waals surface area (Å²) in [4.78, 5) is 31.1. The standard InChI is InChI=1S/C16H19BrN4O2/c1-10-6-20(7-11(2)19-10)15(22)8-21-9-18-14-4-3-12(17)5-13(14)16(21)23/h3-5,9-11,19H,6-8H2,1-2H3/t10-,11-/m1/s1. The van der Waals surface area contributed by atoms with Crippen molar-refractivity contribution in [2.24, 2.45) is 0 Å². The molecule has 0 bridgehead atoms. The van der Waals surface area contributed by atoms with Crippen LogP contribution in [-0.4, -0.2) is 45.5 Å². The number of carbonyl (C=O) groups excluding carboxylic acids is 1. The monoisotopic (exact) mass is 378 g/mol. The third-order valence-corrected chi connectivity index (χ3v) is 4.50. The Morgan fingerprint density at radius 1 is 1.35 bits per heavy atom. The van der Waals surface area contributed by atoms with Gasteiger partial charge in [-0.2, -0.15) is 0 Å². The van der Waals surface area contributed by atoms with Crippen molar-refractivity contribution in [1.29, 1.82) is 0 Å². The van der Waals surface area contributed by atoms with Crippen LogP contribution in [0.15, 0.2) is 33.8 Å². The van der Waals surface area contributed by atoms with Crippen LogP contribution in [0.3, 0.4) is 0 Å². The number of carbonyl (C=O) groups is 1. The molecule has 1 N–H and O–H groups in total. The quantitative estimate of drug-likeness (QED) is 0.856. The lowest BCUT2D eigenvalue weighted by molar-refractivity contribution is -0.133. The molecule has 1 aromatic carbocycles. The molecule has 1 amide bonds. The molecular weight excluding hydrogens is 360 g/mol. The van der Waals surface area contributed by atoms with E-state index in [1.165, 1.54) is 10.9 Å². The molecule has 1 aliphatic heterocycles. The minimum Gasteiger partial charge on any atom is -0.338 e. The summed E-state index contributed by atoms with van der Waals surface area (Å²) in [6, 6.07) is 5.87. The van der Waals surface area contributed by atoms with Crippen LogP contribution in [0.4, 0.5) is 0 Å². The molecule has 0 unspecified atom stereocenters. The van der Waals surface area contributed by atoms with Gasteiger partial charge in [0.05, 0.1) is 17.2 Å². The lowest BCUT2D eigenvalue weighted by Crippen LogP contribution is -2.56. The van der Waals surface area contributed by atoms with Crippen LogP contribution < -0.4 is 10.9 Å². The molecule has 0 spiro atoms. The normalized spacial score (nSPS) is 21.6. The molecule has 0 aliphatic carbocycles. The molecule has 0 saturated carbocycles. The number of amides is 1. The van der Waals surface area contributed by atoms with Gasteiger partial charge in [0.2, 0.25) is 5.91 Å². The Bertz CT molecular complexity index is 794. The first-order chi connectivity index (χ1) is 10.9. The molecule has 1 aliphatic rings. The second kappa shape index (κ2) is 6.41. The maximum atomic E-state index is 12.5. The van der Waals surface area contributed by atoms with E-state index in [-0.39, 0.29) is 30.1 Å². The number of hydrogen-bond acceptors (Lipinski definition) is 4. The number of nitrogens with zero attached hydrogens (tertiary/aromatic N) is 3. The number of aromatic nitrogens is 2. The first kappa shape index (κ1) is 16.1. The van der Waals surface area contributed by atoms with E-state index < -0.39 is 0 Å². The lowest BCUT2D eigenvalue weighted by atomic mass is 10.1. The Kier molecular flexibility index (Phi) is 4.50. The van der Waals surface area contributed by atoms with Crippen LogP contribution >= 0.6 is 15.9 Å². The third-order valence-electron chi connectivity index (χ3n) is 4.00. The highest BCUT2D eigenvalue weighted by Crippen LogP contribution is 2.15. The van der Waals surface area contributed by atoms with Crippen LogP contribution in [0.1, 0.15) is 13.8 Å². The van der Waals surface area contributed by atoms with E-state index in [1.807, 2.05) is 11.0 Å². The van der Waals surface area contributed by atoms with Crippen LogP contribution in [0.25, 0.3) is 10.9 Å². The Hall–Kier alpha value is -1.73. The maximum absolute atomic E-state index is 12.5. The van der Waals surface area contributed by atoms with Crippen molar-refractivity contribution in [2.75, 3.05) is 13.1 Å². The average Bonchev–Trinajstić information content (AvgIpc) is 2.49. The van der Waals surface area contributed by atoms with Crippen LogP contribution in [-0.2, 0) is 11.3 Å². The number of halogens is 1. The van der Waals surface area contributed by atoms with Crippen molar-refractivity contribution < 1.29 is 4.79 Å². The minimum absolute atomic E-state index is 0.0216. The minimum atomic E-state index is -0.194. The molecule has 1 saturated heterocycles. The molecule has 7 heteroatoms. The van der Waals surface area contributed by atoms with Gasteiger partial charge in [0.1, 0.15) is 6.54 Å². The molecule has 122 valence electrons. The fourth-order valence-electron chi connectivity index (χ4n) is 3.02. The van der Waals surface area contributed by atoms with Gasteiger partial charge >= 0.3 is 0 Å². The van der Waals surface area contributed by atoms with Gasteiger partial charge in [-0.05, 0) is 32.0 Å². The highest BCUT2D eigenvalue weighted by molar-refractivity contribution is 9.10. The predicted molar refractivity (Wildman–Crippen MR) is 92.3 cm³/mol. The zero-order valence-corrected chi connectivity index (χ0v) is 14.7. The van der Waals surface area contributed by atoms with E-state index in [9.17, 15) is 9.59 Å². The van der Waals surface area contributed by atoms with Crippen LogP contribution in [0, 0.1) is 0 Å². The zero-order valence-electron chi connectivity index (χ0n) is 13.1. The van der Waals surface area contributed by atoms with Gasteiger partial charge in [-0.25, -0.2) is 4.98 Å². The number of fused-ring (bicyclic) bond motifs is 1. The average molecular weight is 379 g/mol. The molecule has 3 rings (SSSR count). The largest absolute Gasteiger partial charge is 0.338 e. The topological polar surface area (TPSA) is 67.2 Å². The molecule has 0 radical (unpaired) electrons. The molecular formula is C16H19BrN4O2. The summed E-state index contributed by atoms with van der Waals surface area (Å²) < 4.78 is 2.20. The number of piperazine rings is 1. The van der Waals surface area contributed by atoms with Gasteiger partial charge in [-0.1, -0.05) is 15.9 Å². The summed E-state index contributed by atoms with van der Waals surface area (Å²) in [6.07, 6.45) is 1.45. The van der Waals surface area contributed by atoms with E-state index in [0.717, 1.165) is 4.47 Å². The predicted octanol–water partition coefficient (Wildman–Crippen LogP) is 1.37. The summed E-state index contributed by atoms with van der Waals surface area (Å²) >= 11 is 3.36. The Labute approximate surface area is 142 Å². The van der Waals surface area contributed by atoms with E-state index in [2.05, 4.69) is 40.1 Å². The van der Waals surface area contributed by atoms with Gasteiger partial charge in [0.25, 0.3) is 5.56 Å². The van der Waals surface area contributed by atoms with E-state index in [0.29, 0.717) is 24.0 Å². The molecule has 2 aromatic rings. The van der Waals surface area contributed by atoms with Crippen molar-refractivity contribution in [3.05, 3.63) is 39.4 Å². The van der Waals surface area contributed by atoms with Gasteiger partial charge < -0.3 is 10.2 Å². The summed E-state index contributed by atoms with van der Waals surface area (Å²) in [5.74, 6) is -0.0524. The van der Waals surface area contributed by atoms with Gasteiger partial charge in [-0.3, -0.25) is 14.2 Å². The maximum Gasteiger partial charge on any atom is 0.261 e. The molecule has 6 nitrogen and oxygen atoms in total. The Balaban J connectivity index is 1.85. The summed E-state index contributed by atoms with van der Waals surface area (Å²) in [5.41, 5.74) is 0.437. The summed E-state index contributed by atoms with van der Waals surface area (Å²) in [5, 5.41) is 3.90. The van der Waals surface area contributed by atoms with Crippen LogP contribution in [0.5, 0.6) is 0 Å². The van der Waals surface area contributed by atoms with Crippen molar-refractivity contribution in [3.63, 3.8) is 0 Å². The zero-order chi connectivity index (χ0) is 16.6. The van der Waals surface area contributed by atoms with E-state index >= 15 is 0 Å². The highest BCUT2D eigenvalue weighted by atomic mass is 79.9. The fourth-order valence-corrected chi connectivity index (χ4v) is 3.38. The van der Waals surface area contributed by atoms with Crippen LogP contribution in [0.2, 0.25) is 0 Å². The molecule has 2 heterocycles. The first-order valence-corrected chi connectivity index (χ1v) is 8.42. The Morgan fingerprint density at radius 3 is 2.74 bits per heavy atom. The molecule has 23 heavy (non-hydrogen) atoms. The van der Waals surface area contributed by atoms with Crippen molar-refractivity contribution in [1.82, 2.24) is 19.8 Å². The fraction of sp³-hybridized carbons (Fsp3) is 0.438. The number of benzene rings is 1. The van der Waals surface area contributed by atoms with Gasteiger partial charge in [0, 0.05) is 29.6 Å². The Morgan fingerprint density at radius 2 is 2.04 bits per heavy atom. The highest BCUT2D eigenvalue weighted by Gasteiger charge is 2.25. The van der Waals surface area contributed by atoms with Crippen molar-refractivity contribution >= 4 is 32.7 Å². The third kappa shape index (κ3) is 3.45. The summed E-state index contributed by atoms with van der Waals surface area (Å²) in [6.45, 7) is 5.44. The second-order valence-corrected chi connectivity index (χ2v) is 7.02. The molecule has 1 fully saturated rings.